The highest BCUT2D eigenvalue weighted by molar-refractivity contribution is 6.28. The van der Waals surface area contributed by atoms with Gasteiger partial charge in [0.1, 0.15) is 11.4 Å². The third kappa shape index (κ3) is 2.78. The molecule has 1 aromatic heterocycles. The van der Waals surface area contributed by atoms with Gasteiger partial charge in [-0.25, -0.2) is 4.98 Å². The Hall–Kier alpha value is -1.08. The van der Waals surface area contributed by atoms with Crippen LogP contribution in [0.15, 0.2) is 6.20 Å². The van der Waals surface area contributed by atoms with Crippen molar-refractivity contribution in [1.29, 1.82) is 0 Å². The first kappa shape index (κ1) is 12.4. The van der Waals surface area contributed by atoms with Gasteiger partial charge in [-0.2, -0.15) is 18.2 Å². The van der Waals surface area contributed by atoms with Crippen LogP contribution in [0, 0.1) is 0 Å². The van der Waals surface area contributed by atoms with Crippen LogP contribution in [0.1, 0.15) is 5.56 Å². The molecule has 1 aromatic rings. The Morgan fingerprint density at radius 3 is 2.53 bits per heavy atom. The summed E-state index contributed by atoms with van der Waals surface area (Å²) in [6.45, 7) is 1.46. The SMILES string of the molecule is FC(F)(F)c1cnc(Cl)nc1N1CCOCC1. The zero-order chi connectivity index (χ0) is 12.5. The molecule has 17 heavy (non-hydrogen) atoms. The van der Waals surface area contributed by atoms with Gasteiger partial charge in [-0.15, -0.1) is 0 Å². The summed E-state index contributed by atoms with van der Waals surface area (Å²) in [5.41, 5.74) is -0.871. The van der Waals surface area contributed by atoms with Gasteiger partial charge in [0, 0.05) is 19.3 Å². The van der Waals surface area contributed by atoms with Crippen LogP contribution in [0.2, 0.25) is 5.28 Å². The molecule has 8 heteroatoms. The molecule has 1 aliphatic rings. The van der Waals surface area contributed by atoms with Crippen molar-refractivity contribution in [3.05, 3.63) is 17.0 Å². The van der Waals surface area contributed by atoms with Gasteiger partial charge in [0.2, 0.25) is 5.28 Å². The molecule has 0 unspecified atom stereocenters. The Morgan fingerprint density at radius 1 is 1.29 bits per heavy atom. The molecule has 0 saturated carbocycles. The van der Waals surface area contributed by atoms with E-state index in [2.05, 4.69) is 9.97 Å². The van der Waals surface area contributed by atoms with Gasteiger partial charge >= 0.3 is 6.18 Å². The van der Waals surface area contributed by atoms with E-state index in [0.717, 1.165) is 0 Å². The van der Waals surface area contributed by atoms with E-state index in [1.807, 2.05) is 0 Å². The Morgan fingerprint density at radius 2 is 1.94 bits per heavy atom. The van der Waals surface area contributed by atoms with Gasteiger partial charge in [0.25, 0.3) is 0 Å². The lowest BCUT2D eigenvalue weighted by Gasteiger charge is -2.29. The molecule has 0 spiro atoms. The van der Waals surface area contributed by atoms with E-state index in [1.54, 1.807) is 0 Å². The molecule has 0 radical (unpaired) electrons. The van der Waals surface area contributed by atoms with Crippen LogP contribution < -0.4 is 4.90 Å². The highest BCUT2D eigenvalue weighted by atomic mass is 35.5. The Bertz CT molecular complexity index is 407. The Balaban J connectivity index is 2.39. The van der Waals surface area contributed by atoms with Gasteiger partial charge < -0.3 is 9.64 Å². The van der Waals surface area contributed by atoms with Crippen molar-refractivity contribution >= 4 is 17.4 Å². The molecule has 94 valence electrons. The number of hydrogen-bond donors (Lipinski definition) is 0. The minimum Gasteiger partial charge on any atom is -0.378 e. The van der Waals surface area contributed by atoms with Crippen molar-refractivity contribution < 1.29 is 17.9 Å². The van der Waals surface area contributed by atoms with Crippen LogP contribution in [0.4, 0.5) is 19.0 Å². The second-order valence-electron chi connectivity index (χ2n) is 3.47. The molecule has 0 atom stereocenters. The smallest absolute Gasteiger partial charge is 0.378 e. The lowest BCUT2D eigenvalue weighted by atomic mass is 10.2. The third-order valence-electron chi connectivity index (χ3n) is 2.36. The molecule has 1 fully saturated rings. The molecule has 0 amide bonds. The zero-order valence-corrected chi connectivity index (χ0v) is 9.42. The average Bonchev–Trinajstić information content (AvgIpc) is 2.28. The first-order chi connectivity index (χ1) is 7.98. The fraction of sp³-hybridized carbons (Fsp3) is 0.556. The molecule has 2 heterocycles. The van der Waals surface area contributed by atoms with Crippen LogP contribution in [-0.2, 0) is 10.9 Å². The fourth-order valence-electron chi connectivity index (χ4n) is 1.57. The molecular weight excluding hydrogens is 259 g/mol. The minimum absolute atomic E-state index is 0.180. The topological polar surface area (TPSA) is 38.2 Å². The number of rotatable bonds is 1. The van der Waals surface area contributed by atoms with Gasteiger partial charge in [0.05, 0.1) is 13.2 Å². The van der Waals surface area contributed by atoms with Crippen LogP contribution in [-0.4, -0.2) is 36.3 Å². The number of alkyl halides is 3. The summed E-state index contributed by atoms with van der Waals surface area (Å²) in [5.74, 6) is -0.180. The van der Waals surface area contributed by atoms with Crippen molar-refractivity contribution in [2.75, 3.05) is 31.2 Å². The van der Waals surface area contributed by atoms with Crippen molar-refractivity contribution in [2.45, 2.75) is 6.18 Å². The standard InChI is InChI=1S/C9H9ClF3N3O/c10-8-14-5-6(9(11,12)13)7(15-8)16-1-3-17-4-2-16/h5H,1-4H2. The zero-order valence-electron chi connectivity index (χ0n) is 8.67. The minimum atomic E-state index is -4.49. The number of nitrogens with zero attached hydrogens (tertiary/aromatic N) is 3. The highest BCUT2D eigenvalue weighted by Crippen LogP contribution is 2.35. The number of anilines is 1. The summed E-state index contributed by atoms with van der Waals surface area (Å²) in [7, 11) is 0. The lowest BCUT2D eigenvalue weighted by molar-refractivity contribution is -0.137. The molecule has 0 aliphatic carbocycles. The van der Waals surface area contributed by atoms with E-state index >= 15 is 0 Å². The summed E-state index contributed by atoms with van der Waals surface area (Å²) in [4.78, 5) is 8.55. The maximum absolute atomic E-state index is 12.8. The summed E-state index contributed by atoms with van der Waals surface area (Å²) in [6, 6.07) is 0. The van der Waals surface area contributed by atoms with Gasteiger partial charge in [-0.3, -0.25) is 0 Å². The van der Waals surface area contributed by atoms with E-state index < -0.39 is 11.7 Å². The van der Waals surface area contributed by atoms with Crippen molar-refractivity contribution in [3.8, 4) is 0 Å². The fourth-order valence-corrected chi connectivity index (χ4v) is 1.70. The summed E-state index contributed by atoms with van der Waals surface area (Å²) in [5, 5.41) is -0.195. The number of morpholine rings is 1. The molecule has 2 rings (SSSR count). The van der Waals surface area contributed by atoms with Gasteiger partial charge in [0.15, 0.2) is 0 Å². The van der Waals surface area contributed by atoms with E-state index in [9.17, 15) is 13.2 Å². The molecule has 1 saturated heterocycles. The van der Waals surface area contributed by atoms with Crippen LogP contribution in [0.3, 0.4) is 0 Å². The monoisotopic (exact) mass is 267 g/mol. The molecule has 0 N–H and O–H groups in total. The number of ether oxygens (including phenoxy) is 1. The molecule has 0 aromatic carbocycles. The van der Waals surface area contributed by atoms with E-state index in [0.29, 0.717) is 32.5 Å². The van der Waals surface area contributed by atoms with Gasteiger partial charge in [-0.05, 0) is 11.6 Å². The van der Waals surface area contributed by atoms with Crippen molar-refractivity contribution in [1.82, 2.24) is 9.97 Å². The summed E-state index contributed by atoms with van der Waals surface area (Å²) in [6.07, 6.45) is -3.78. The Kier molecular flexibility index (Phi) is 3.39. The van der Waals surface area contributed by atoms with Gasteiger partial charge in [-0.1, -0.05) is 0 Å². The predicted molar refractivity (Wildman–Crippen MR) is 55.1 cm³/mol. The maximum atomic E-state index is 12.8. The number of hydrogen-bond acceptors (Lipinski definition) is 4. The van der Waals surface area contributed by atoms with E-state index in [1.165, 1.54) is 4.90 Å². The quantitative estimate of drug-likeness (QED) is 0.730. The second-order valence-corrected chi connectivity index (χ2v) is 3.81. The number of halogens is 4. The van der Waals surface area contributed by atoms with Crippen LogP contribution >= 0.6 is 11.6 Å². The molecular formula is C9H9ClF3N3O. The second kappa shape index (κ2) is 4.66. The average molecular weight is 268 g/mol. The van der Waals surface area contributed by atoms with E-state index in [4.69, 9.17) is 16.3 Å². The predicted octanol–water partition coefficient (Wildman–Crippen LogP) is 1.99. The third-order valence-corrected chi connectivity index (χ3v) is 2.54. The largest absolute Gasteiger partial charge is 0.421 e. The highest BCUT2D eigenvalue weighted by Gasteiger charge is 2.37. The normalized spacial score (nSPS) is 17.3. The summed E-state index contributed by atoms with van der Waals surface area (Å²) >= 11 is 5.54. The molecule has 1 aliphatic heterocycles. The molecule has 4 nitrogen and oxygen atoms in total. The molecule has 0 bridgehead atoms. The number of aromatic nitrogens is 2. The lowest BCUT2D eigenvalue weighted by Crippen LogP contribution is -2.38. The first-order valence-electron chi connectivity index (χ1n) is 4.91. The summed E-state index contributed by atoms with van der Waals surface area (Å²) < 4.78 is 43.3. The van der Waals surface area contributed by atoms with Crippen molar-refractivity contribution in [2.24, 2.45) is 0 Å². The maximum Gasteiger partial charge on any atom is 0.421 e. The Labute approximate surface area is 100 Å². The van der Waals surface area contributed by atoms with Crippen molar-refractivity contribution in [3.63, 3.8) is 0 Å². The van der Waals surface area contributed by atoms with Crippen LogP contribution in [0.25, 0.3) is 0 Å². The first-order valence-corrected chi connectivity index (χ1v) is 5.29. The van der Waals surface area contributed by atoms with Crippen LogP contribution in [0.5, 0.6) is 0 Å². The van der Waals surface area contributed by atoms with E-state index in [-0.39, 0.29) is 11.1 Å².